The summed E-state index contributed by atoms with van der Waals surface area (Å²) in [4.78, 5) is 11.8. The van der Waals surface area contributed by atoms with Crippen LogP contribution in [0.15, 0.2) is 36.4 Å². The quantitative estimate of drug-likeness (QED) is 0.318. The molecule has 0 saturated carbocycles. The largest absolute Gasteiger partial charge is 0.492 e. The van der Waals surface area contributed by atoms with Crippen molar-refractivity contribution in [1.29, 1.82) is 0 Å². The number of fused-ring (bicyclic) bond motifs is 2. The number of carbonyl (C=O) groups is 1. The van der Waals surface area contributed by atoms with E-state index in [-0.39, 0.29) is 24.2 Å². The molecular weight excluding hydrogens is 592 g/mol. The van der Waals surface area contributed by atoms with Crippen molar-refractivity contribution in [2.24, 2.45) is 5.92 Å². The van der Waals surface area contributed by atoms with E-state index in [0.29, 0.717) is 83.2 Å². The lowest BCUT2D eigenvalue weighted by Gasteiger charge is -2.33. The Kier molecular flexibility index (Phi) is 8.04. The highest BCUT2D eigenvalue weighted by Gasteiger charge is 2.37. The molecule has 2 heterocycles. The number of sulfone groups is 1. The maximum atomic E-state index is 15.6. The number of methoxy groups -OCH3 is 1. The normalized spacial score (nSPS) is 19.9. The highest BCUT2D eigenvalue weighted by Crippen LogP contribution is 2.46. The van der Waals surface area contributed by atoms with Gasteiger partial charge < -0.3 is 24.3 Å². The molecule has 44 heavy (non-hydrogen) atoms. The minimum atomic E-state index is -3.48. The van der Waals surface area contributed by atoms with Crippen molar-refractivity contribution in [2.45, 2.75) is 50.6 Å². The zero-order valence-corrected chi connectivity index (χ0v) is 25.9. The molecule has 1 saturated heterocycles. The van der Waals surface area contributed by atoms with E-state index in [2.05, 4.69) is 5.32 Å². The van der Waals surface area contributed by atoms with Gasteiger partial charge in [0.1, 0.15) is 35.0 Å². The van der Waals surface area contributed by atoms with Crippen molar-refractivity contribution in [3.8, 4) is 28.4 Å². The van der Waals surface area contributed by atoms with Crippen LogP contribution >= 0.6 is 0 Å². The topological polar surface area (TPSA) is 100 Å². The summed E-state index contributed by atoms with van der Waals surface area (Å²) in [5.74, 6) is -0.435. The summed E-state index contributed by atoms with van der Waals surface area (Å²) in [6.45, 7) is 5.08. The van der Waals surface area contributed by atoms with Gasteiger partial charge in [-0.3, -0.25) is 4.79 Å². The standard InChI is InChI=1S/C33H35F2NO7S/c1-17-9-22(43-33(44(4,38)39)20-14-36-15-20)10-18(2)30(17)32-24-7-8-27(31(24)25(34)13-26(32)35)42-21-5-6-23-19(11-29(37)40-3)16-41-28(23)12-21/h5-6,9-10,12-13,19-20,27,33,36H,7-8,11,14-16H2,1-4H3/t19?,27-,33?/m1/s1. The predicted molar refractivity (Wildman–Crippen MR) is 160 cm³/mol. The molecule has 3 aromatic carbocycles. The van der Waals surface area contributed by atoms with E-state index in [1.165, 1.54) is 7.11 Å². The molecule has 234 valence electrons. The van der Waals surface area contributed by atoms with E-state index in [1.54, 1.807) is 24.3 Å². The van der Waals surface area contributed by atoms with Crippen molar-refractivity contribution in [2.75, 3.05) is 33.1 Å². The van der Waals surface area contributed by atoms with E-state index in [4.69, 9.17) is 18.9 Å². The maximum Gasteiger partial charge on any atom is 0.306 e. The van der Waals surface area contributed by atoms with Crippen LogP contribution in [0, 0.1) is 31.4 Å². The predicted octanol–water partition coefficient (Wildman–Crippen LogP) is 5.32. The van der Waals surface area contributed by atoms with Crippen molar-refractivity contribution in [3.05, 3.63) is 75.8 Å². The minimum absolute atomic E-state index is 0.113. The number of halogens is 2. The summed E-state index contributed by atoms with van der Waals surface area (Å²) in [6, 6.07) is 9.69. The average molecular weight is 628 g/mol. The summed E-state index contributed by atoms with van der Waals surface area (Å²) in [6.07, 6.45) is 1.61. The SMILES string of the molecule is COC(=O)CC1COc2cc(O[C@@H]3CCc4c(-c5c(C)cc(OC(C6CNC6)S(C)(=O)=O)cc5C)c(F)cc(F)c43)ccc21. The molecule has 3 aromatic rings. The van der Waals surface area contributed by atoms with Gasteiger partial charge in [-0.25, -0.2) is 17.2 Å². The van der Waals surface area contributed by atoms with Crippen LogP contribution in [-0.4, -0.2) is 52.9 Å². The van der Waals surface area contributed by atoms with Gasteiger partial charge in [-0.2, -0.15) is 0 Å². The number of ether oxygens (including phenoxy) is 4. The monoisotopic (exact) mass is 627 g/mol. The molecule has 0 bridgehead atoms. The first-order valence-corrected chi connectivity index (χ1v) is 16.6. The van der Waals surface area contributed by atoms with Gasteiger partial charge in [-0.1, -0.05) is 6.07 Å². The molecule has 0 amide bonds. The van der Waals surface area contributed by atoms with E-state index in [0.717, 1.165) is 17.9 Å². The van der Waals surface area contributed by atoms with Gasteiger partial charge in [0.05, 0.1) is 20.1 Å². The van der Waals surface area contributed by atoms with Gasteiger partial charge in [0.2, 0.25) is 5.44 Å². The number of aryl methyl sites for hydroxylation is 2. The average Bonchev–Trinajstić information content (AvgIpc) is 3.52. The Bertz CT molecular complexity index is 1720. The number of benzene rings is 3. The van der Waals surface area contributed by atoms with Crippen LogP contribution in [0.5, 0.6) is 17.2 Å². The fourth-order valence-corrected chi connectivity index (χ4v) is 7.78. The molecular formula is C33H35F2NO7S. The van der Waals surface area contributed by atoms with Crippen LogP contribution < -0.4 is 19.5 Å². The zero-order chi connectivity index (χ0) is 31.3. The minimum Gasteiger partial charge on any atom is -0.492 e. The number of hydrogen-bond donors (Lipinski definition) is 1. The van der Waals surface area contributed by atoms with Crippen molar-refractivity contribution in [3.63, 3.8) is 0 Å². The van der Waals surface area contributed by atoms with E-state index in [1.807, 2.05) is 19.9 Å². The smallest absolute Gasteiger partial charge is 0.306 e. The molecule has 0 aromatic heterocycles. The third-order valence-electron chi connectivity index (χ3n) is 8.77. The number of hydrogen-bond acceptors (Lipinski definition) is 8. The number of carbonyl (C=O) groups excluding carboxylic acids is 1. The molecule has 6 rings (SSSR count). The number of nitrogens with one attached hydrogen (secondary N) is 1. The van der Waals surface area contributed by atoms with Crippen molar-refractivity contribution < 1.29 is 40.9 Å². The van der Waals surface area contributed by atoms with Crippen LogP contribution in [0.4, 0.5) is 8.78 Å². The van der Waals surface area contributed by atoms with Gasteiger partial charge in [-0.15, -0.1) is 0 Å². The molecule has 3 aliphatic rings. The molecule has 1 N–H and O–H groups in total. The van der Waals surface area contributed by atoms with Crippen LogP contribution in [0.1, 0.15) is 52.7 Å². The second-order valence-corrected chi connectivity index (χ2v) is 14.0. The van der Waals surface area contributed by atoms with Crippen LogP contribution in [-0.2, 0) is 25.8 Å². The Balaban J connectivity index is 1.28. The Labute approximate surface area is 255 Å². The molecule has 1 fully saturated rings. The van der Waals surface area contributed by atoms with Crippen LogP contribution in [0.25, 0.3) is 11.1 Å². The molecule has 8 nitrogen and oxygen atoms in total. The van der Waals surface area contributed by atoms with Gasteiger partial charge in [0.15, 0.2) is 9.84 Å². The lowest BCUT2D eigenvalue weighted by atomic mass is 9.89. The van der Waals surface area contributed by atoms with Gasteiger partial charge >= 0.3 is 5.97 Å². The van der Waals surface area contributed by atoms with Gasteiger partial charge in [-0.05, 0) is 67.1 Å². The lowest BCUT2D eigenvalue weighted by Crippen LogP contribution is -2.53. The summed E-state index contributed by atoms with van der Waals surface area (Å²) in [5.41, 5.74) is 3.09. The Morgan fingerprint density at radius 2 is 1.77 bits per heavy atom. The Hall–Kier alpha value is -3.70. The Morgan fingerprint density at radius 1 is 1.05 bits per heavy atom. The highest BCUT2D eigenvalue weighted by molar-refractivity contribution is 7.91. The molecule has 3 atom stereocenters. The Morgan fingerprint density at radius 3 is 2.41 bits per heavy atom. The maximum absolute atomic E-state index is 15.6. The van der Waals surface area contributed by atoms with Crippen LogP contribution in [0.3, 0.4) is 0 Å². The van der Waals surface area contributed by atoms with Gasteiger partial charge in [0.25, 0.3) is 0 Å². The first-order valence-electron chi connectivity index (χ1n) is 14.6. The third kappa shape index (κ3) is 5.63. The number of esters is 1. The molecule has 2 aliphatic heterocycles. The fourth-order valence-electron chi connectivity index (χ4n) is 6.60. The molecule has 11 heteroatoms. The molecule has 1 aliphatic carbocycles. The summed E-state index contributed by atoms with van der Waals surface area (Å²) >= 11 is 0. The molecule has 0 spiro atoms. The van der Waals surface area contributed by atoms with E-state index in [9.17, 15) is 13.2 Å². The summed E-state index contributed by atoms with van der Waals surface area (Å²) in [7, 11) is -2.13. The summed E-state index contributed by atoms with van der Waals surface area (Å²) < 4.78 is 78.7. The second-order valence-electron chi connectivity index (χ2n) is 11.9. The van der Waals surface area contributed by atoms with E-state index < -0.39 is 33.0 Å². The van der Waals surface area contributed by atoms with Gasteiger partial charge in [0, 0.05) is 60.0 Å². The van der Waals surface area contributed by atoms with Crippen LogP contribution in [0.2, 0.25) is 0 Å². The fraction of sp³-hybridized carbons (Fsp3) is 0.424. The molecule has 2 unspecified atom stereocenters. The van der Waals surface area contributed by atoms with Crippen molar-refractivity contribution >= 4 is 15.8 Å². The van der Waals surface area contributed by atoms with Crippen molar-refractivity contribution in [1.82, 2.24) is 5.32 Å². The first kappa shape index (κ1) is 30.3. The number of rotatable bonds is 9. The highest BCUT2D eigenvalue weighted by atomic mass is 32.2. The zero-order valence-electron chi connectivity index (χ0n) is 25.0. The van der Waals surface area contributed by atoms with E-state index >= 15 is 8.78 Å². The lowest BCUT2D eigenvalue weighted by molar-refractivity contribution is -0.141. The third-order valence-corrected chi connectivity index (χ3v) is 10.1. The second kappa shape index (κ2) is 11.7. The molecule has 0 radical (unpaired) electrons. The summed E-state index contributed by atoms with van der Waals surface area (Å²) in [5, 5.41) is 3.08. The first-order chi connectivity index (χ1) is 20.9.